The van der Waals surface area contributed by atoms with Gasteiger partial charge in [0.15, 0.2) is 0 Å². The van der Waals surface area contributed by atoms with Gasteiger partial charge in [0.2, 0.25) is 0 Å². The number of amides is 1. The molecule has 5 nitrogen and oxygen atoms in total. The number of halogens is 1. The Hall–Kier alpha value is -3.35. The quantitative estimate of drug-likeness (QED) is 0.317. The van der Waals surface area contributed by atoms with Crippen LogP contribution in [0.3, 0.4) is 0 Å². The van der Waals surface area contributed by atoms with Gasteiger partial charge < -0.3 is 14.3 Å². The molecule has 0 aliphatic rings. The van der Waals surface area contributed by atoms with E-state index in [-0.39, 0.29) is 24.6 Å². The molecule has 0 saturated carbocycles. The maximum atomic E-state index is 13.7. The number of rotatable bonds is 5. The van der Waals surface area contributed by atoms with E-state index < -0.39 is 0 Å². The number of nitrogens with zero attached hydrogens (tertiary/aromatic N) is 1. The molecule has 33 heavy (non-hydrogen) atoms. The lowest BCUT2D eigenvalue weighted by molar-refractivity contribution is 0.0722. The number of carbonyl (C=O) groups is 1. The zero-order valence-corrected chi connectivity index (χ0v) is 19.7. The van der Waals surface area contributed by atoms with Crippen LogP contribution in [0.1, 0.15) is 32.1 Å². The van der Waals surface area contributed by atoms with Crippen molar-refractivity contribution in [2.45, 2.75) is 26.9 Å². The molecule has 0 saturated heterocycles. The van der Waals surface area contributed by atoms with Crippen molar-refractivity contribution >= 4 is 49.8 Å². The van der Waals surface area contributed by atoms with E-state index in [0.29, 0.717) is 21.2 Å². The maximum Gasteiger partial charge on any atom is 0.266 e. The van der Waals surface area contributed by atoms with E-state index in [9.17, 15) is 9.59 Å². The minimum atomic E-state index is -0.238. The molecular formula is C26H21ClN2O3S. The number of fused-ring (bicyclic) bond motifs is 2. The van der Waals surface area contributed by atoms with Crippen molar-refractivity contribution in [2.75, 3.05) is 0 Å². The Morgan fingerprint density at radius 1 is 1.06 bits per heavy atom. The third kappa shape index (κ3) is 4.08. The van der Waals surface area contributed by atoms with Crippen molar-refractivity contribution in [1.29, 1.82) is 0 Å². The third-order valence-corrected chi connectivity index (χ3v) is 7.36. The van der Waals surface area contributed by atoms with Crippen LogP contribution in [0.5, 0.6) is 0 Å². The molecule has 0 radical (unpaired) electrons. The number of nitrogens with one attached hydrogen (secondary N) is 1. The van der Waals surface area contributed by atoms with Gasteiger partial charge in [-0.25, -0.2) is 0 Å². The fourth-order valence-electron chi connectivity index (χ4n) is 4.12. The Morgan fingerprint density at radius 2 is 1.88 bits per heavy atom. The fraction of sp³-hybridized carbons (Fsp3) is 0.154. The smallest absolute Gasteiger partial charge is 0.266 e. The lowest BCUT2D eigenvalue weighted by atomic mass is 10.0. The van der Waals surface area contributed by atoms with Gasteiger partial charge >= 0.3 is 0 Å². The van der Waals surface area contributed by atoms with Crippen LogP contribution >= 0.6 is 22.9 Å². The van der Waals surface area contributed by atoms with Gasteiger partial charge in [0, 0.05) is 26.6 Å². The van der Waals surface area contributed by atoms with Crippen LogP contribution in [0, 0.1) is 13.8 Å². The number of benzene rings is 2. The number of hydrogen-bond donors (Lipinski definition) is 1. The van der Waals surface area contributed by atoms with E-state index >= 15 is 0 Å². The second-order valence-electron chi connectivity index (χ2n) is 8.15. The Morgan fingerprint density at radius 3 is 2.64 bits per heavy atom. The van der Waals surface area contributed by atoms with Gasteiger partial charge in [0.1, 0.15) is 10.6 Å². The molecule has 1 N–H and O–H groups in total. The van der Waals surface area contributed by atoms with E-state index in [1.807, 2.05) is 56.3 Å². The molecule has 1 amide bonds. The number of aromatic amines is 1. The molecule has 0 aliphatic heterocycles. The average molecular weight is 477 g/mol. The lowest BCUT2D eigenvalue weighted by Gasteiger charge is -2.21. The normalized spacial score (nSPS) is 11.4. The highest BCUT2D eigenvalue weighted by Gasteiger charge is 2.24. The van der Waals surface area contributed by atoms with Gasteiger partial charge in [-0.3, -0.25) is 9.59 Å². The van der Waals surface area contributed by atoms with E-state index in [1.54, 1.807) is 17.2 Å². The first-order valence-electron chi connectivity index (χ1n) is 10.5. The first-order chi connectivity index (χ1) is 15.9. The zero-order valence-electron chi connectivity index (χ0n) is 18.1. The highest BCUT2D eigenvalue weighted by atomic mass is 35.5. The molecule has 3 aromatic heterocycles. The zero-order chi connectivity index (χ0) is 23.1. The Bertz CT molecular complexity index is 1550. The van der Waals surface area contributed by atoms with Gasteiger partial charge in [0.25, 0.3) is 11.5 Å². The molecule has 0 aliphatic carbocycles. The Balaban J connectivity index is 1.57. The second-order valence-corrected chi connectivity index (χ2v) is 9.58. The maximum absolute atomic E-state index is 13.7. The topological polar surface area (TPSA) is 66.3 Å². The highest BCUT2D eigenvalue weighted by Crippen LogP contribution is 2.36. The van der Waals surface area contributed by atoms with E-state index in [4.69, 9.17) is 16.0 Å². The molecule has 0 atom stereocenters. The first kappa shape index (κ1) is 21.5. The van der Waals surface area contributed by atoms with Gasteiger partial charge in [-0.1, -0.05) is 35.9 Å². The summed E-state index contributed by atoms with van der Waals surface area (Å²) in [6.07, 6.45) is 1.57. The van der Waals surface area contributed by atoms with Crippen LogP contribution in [-0.4, -0.2) is 15.8 Å². The van der Waals surface area contributed by atoms with E-state index in [1.165, 1.54) is 11.3 Å². The molecule has 3 heterocycles. The third-order valence-electron chi connectivity index (χ3n) is 5.69. The Kier molecular flexibility index (Phi) is 5.56. The molecule has 166 valence electrons. The fourth-order valence-corrected chi connectivity index (χ4v) is 5.60. The number of carbonyl (C=O) groups excluding carboxylic acids is 1. The summed E-state index contributed by atoms with van der Waals surface area (Å²) < 4.78 is 6.44. The van der Waals surface area contributed by atoms with Crippen LogP contribution in [0.25, 0.3) is 21.0 Å². The minimum Gasteiger partial charge on any atom is -0.467 e. The number of hydrogen-bond acceptors (Lipinski definition) is 4. The summed E-state index contributed by atoms with van der Waals surface area (Å²) >= 11 is 7.95. The van der Waals surface area contributed by atoms with E-state index in [0.717, 1.165) is 32.1 Å². The van der Waals surface area contributed by atoms with Crippen molar-refractivity contribution in [2.24, 2.45) is 0 Å². The van der Waals surface area contributed by atoms with Gasteiger partial charge in [-0.05, 0) is 55.3 Å². The summed E-state index contributed by atoms with van der Waals surface area (Å²) in [6.45, 7) is 4.36. The molecule has 0 fully saturated rings. The van der Waals surface area contributed by atoms with Gasteiger partial charge in [-0.15, -0.1) is 11.3 Å². The molecule has 5 aromatic rings. The van der Waals surface area contributed by atoms with Crippen LogP contribution in [0.2, 0.25) is 5.02 Å². The van der Waals surface area contributed by atoms with Crippen LogP contribution in [0.4, 0.5) is 0 Å². The number of thiophene rings is 1. The number of aromatic nitrogens is 1. The summed E-state index contributed by atoms with van der Waals surface area (Å²) in [6, 6.07) is 17.2. The van der Waals surface area contributed by atoms with Gasteiger partial charge in [-0.2, -0.15) is 0 Å². The summed E-state index contributed by atoms with van der Waals surface area (Å²) in [4.78, 5) is 31.6. The standard InChI is InChI=1S/C26H21ClN2O3S/c1-15-10-16(2)20-12-17(25(30)28-21(20)11-15)13-29(14-18-6-5-9-32-18)26(31)24-23(27)19-7-3-4-8-22(19)33-24/h3-12H,13-14H2,1-2H3,(H,28,30). The molecule has 5 rings (SSSR count). The average Bonchev–Trinajstić information content (AvgIpc) is 3.41. The highest BCUT2D eigenvalue weighted by molar-refractivity contribution is 7.21. The Labute approximate surface area is 199 Å². The van der Waals surface area contributed by atoms with E-state index in [2.05, 4.69) is 11.1 Å². The molecule has 0 spiro atoms. The molecule has 0 unspecified atom stereocenters. The summed E-state index contributed by atoms with van der Waals surface area (Å²) in [7, 11) is 0. The molecule has 2 aromatic carbocycles. The molecule has 0 bridgehead atoms. The molecular weight excluding hydrogens is 456 g/mol. The second kappa shape index (κ2) is 8.54. The SMILES string of the molecule is Cc1cc(C)c2cc(CN(Cc3ccco3)C(=O)c3sc4ccccc4c3Cl)c(=O)[nH]c2c1. The van der Waals surface area contributed by atoms with Crippen molar-refractivity contribution in [3.8, 4) is 0 Å². The predicted molar refractivity (Wildman–Crippen MR) is 133 cm³/mol. The summed E-state index contributed by atoms with van der Waals surface area (Å²) in [5.74, 6) is 0.391. The number of aryl methyl sites for hydroxylation is 2. The van der Waals surface area contributed by atoms with Crippen LogP contribution in [-0.2, 0) is 13.1 Å². The van der Waals surface area contributed by atoms with Gasteiger partial charge in [0.05, 0.1) is 24.4 Å². The summed E-state index contributed by atoms with van der Waals surface area (Å²) in [5, 5.41) is 2.24. The minimum absolute atomic E-state index is 0.128. The monoisotopic (exact) mass is 476 g/mol. The van der Waals surface area contributed by atoms with Crippen molar-refractivity contribution in [3.63, 3.8) is 0 Å². The number of pyridine rings is 1. The van der Waals surface area contributed by atoms with Crippen LogP contribution in [0.15, 0.2) is 70.1 Å². The van der Waals surface area contributed by atoms with Crippen molar-refractivity contribution in [3.05, 3.63) is 104 Å². The molecule has 7 heteroatoms. The number of H-pyrrole nitrogens is 1. The largest absolute Gasteiger partial charge is 0.467 e. The van der Waals surface area contributed by atoms with Crippen LogP contribution < -0.4 is 5.56 Å². The van der Waals surface area contributed by atoms with Crippen molar-refractivity contribution < 1.29 is 9.21 Å². The van der Waals surface area contributed by atoms with Crippen molar-refractivity contribution in [1.82, 2.24) is 9.88 Å². The summed E-state index contributed by atoms with van der Waals surface area (Å²) in [5.41, 5.74) is 3.23. The lowest BCUT2D eigenvalue weighted by Crippen LogP contribution is -2.32. The number of furan rings is 1. The predicted octanol–water partition coefficient (Wildman–Crippen LogP) is 6.45. The first-order valence-corrected chi connectivity index (χ1v) is 11.7.